The monoisotopic (exact) mass is 467 g/mol. The SMILES string of the molecule is COC(=O)c1ccc(C(OC[C@H](O)CNC(C)(C)Cc2ccc3ccccc3c2)C2CC2)s1. The average molecular weight is 468 g/mol. The van der Waals surface area contributed by atoms with Gasteiger partial charge in [-0.15, -0.1) is 11.3 Å². The van der Waals surface area contributed by atoms with Crippen molar-refractivity contribution in [3.63, 3.8) is 0 Å². The second-order valence-corrected chi connectivity index (χ2v) is 10.7. The van der Waals surface area contributed by atoms with Gasteiger partial charge in [0.15, 0.2) is 0 Å². The third-order valence-corrected chi connectivity index (χ3v) is 7.22. The lowest BCUT2D eigenvalue weighted by Gasteiger charge is -2.28. The Labute approximate surface area is 199 Å². The molecule has 0 bridgehead atoms. The fourth-order valence-corrected chi connectivity index (χ4v) is 5.22. The van der Waals surface area contributed by atoms with Crippen LogP contribution in [0.4, 0.5) is 0 Å². The van der Waals surface area contributed by atoms with Gasteiger partial charge < -0.3 is 19.9 Å². The number of β-amino-alcohol motifs (C(OH)–C–C–N with tert-alkyl or cyclic N) is 1. The van der Waals surface area contributed by atoms with Crippen LogP contribution in [-0.2, 0) is 15.9 Å². The number of methoxy groups -OCH3 is 1. The number of benzene rings is 2. The maximum absolute atomic E-state index is 11.8. The molecule has 1 heterocycles. The Bertz CT molecular complexity index is 1090. The molecular weight excluding hydrogens is 434 g/mol. The summed E-state index contributed by atoms with van der Waals surface area (Å²) in [6.45, 7) is 5.02. The topological polar surface area (TPSA) is 67.8 Å². The third kappa shape index (κ3) is 6.42. The van der Waals surface area contributed by atoms with Gasteiger partial charge in [-0.1, -0.05) is 42.5 Å². The molecule has 3 aromatic rings. The van der Waals surface area contributed by atoms with E-state index in [1.54, 1.807) is 6.07 Å². The van der Waals surface area contributed by atoms with Crippen molar-refractivity contribution in [2.24, 2.45) is 5.92 Å². The lowest BCUT2D eigenvalue weighted by atomic mass is 9.93. The molecule has 5 nitrogen and oxygen atoms in total. The maximum atomic E-state index is 11.8. The fourth-order valence-electron chi connectivity index (χ4n) is 4.15. The summed E-state index contributed by atoms with van der Waals surface area (Å²) in [5.41, 5.74) is 1.10. The highest BCUT2D eigenvalue weighted by atomic mass is 32.1. The van der Waals surface area contributed by atoms with E-state index in [-0.39, 0.29) is 24.2 Å². The molecule has 0 amide bonds. The molecule has 1 saturated carbocycles. The van der Waals surface area contributed by atoms with Gasteiger partial charge in [0.2, 0.25) is 0 Å². The first-order valence-corrected chi connectivity index (χ1v) is 12.4. The van der Waals surface area contributed by atoms with Crippen molar-refractivity contribution in [2.45, 2.75) is 50.9 Å². The van der Waals surface area contributed by atoms with Gasteiger partial charge in [0, 0.05) is 17.0 Å². The van der Waals surface area contributed by atoms with E-state index in [4.69, 9.17) is 9.47 Å². The molecule has 2 N–H and O–H groups in total. The Hall–Kier alpha value is -2.25. The van der Waals surface area contributed by atoms with E-state index >= 15 is 0 Å². The second kappa shape index (κ2) is 10.3. The molecule has 4 rings (SSSR count). The second-order valence-electron chi connectivity index (χ2n) is 9.56. The number of ether oxygens (including phenoxy) is 2. The van der Waals surface area contributed by atoms with Crippen molar-refractivity contribution in [1.29, 1.82) is 0 Å². The van der Waals surface area contributed by atoms with Gasteiger partial charge in [0.25, 0.3) is 0 Å². The van der Waals surface area contributed by atoms with E-state index in [0.29, 0.717) is 17.3 Å². The summed E-state index contributed by atoms with van der Waals surface area (Å²) in [5.74, 6) is 0.136. The number of carbonyl (C=O) groups is 1. The molecule has 1 aliphatic carbocycles. The van der Waals surface area contributed by atoms with Crippen molar-refractivity contribution in [1.82, 2.24) is 5.32 Å². The number of aliphatic hydroxyl groups excluding tert-OH is 1. The Morgan fingerprint density at radius 1 is 1.15 bits per heavy atom. The molecule has 2 aromatic carbocycles. The standard InChI is InChI=1S/C27H33NO4S/c1-27(2,15-18-8-9-19-6-4-5-7-21(19)14-18)28-16-22(29)17-32-25(20-10-11-20)23-12-13-24(33-23)26(30)31-3/h4-9,12-14,20,22,25,28-29H,10-11,15-17H2,1-3H3/t22-,25?/m1/s1. The summed E-state index contributed by atoms with van der Waals surface area (Å²) in [6, 6.07) is 18.7. The number of fused-ring (bicyclic) bond motifs is 1. The number of nitrogens with one attached hydrogen (secondary N) is 1. The minimum Gasteiger partial charge on any atom is -0.465 e. The highest BCUT2D eigenvalue weighted by Crippen LogP contribution is 2.45. The van der Waals surface area contributed by atoms with E-state index in [0.717, 1.165) is 24.1 Å². The molecule has 1 aliphatic rings. The largest absolute Gasteiger partial charge is 0.465 e. The van der Waals surface area contributed by atoms with E-state index < -0.39 is 6.10 Å². The Balaban J connectivity index is 1.28. The van der Waals surface area contributed by atoms with Crippen LogP contribution < -0.4 is 5.32 Å². The van der Waals surface area contributed by atoms with Crippen LogP contribution in [-0.4, -0.2) is 43.0 Å². The molecule has 176 valence electrons. The minimum absolute atomic E-state index is 0.0753. The van der Waals surface area contributed by atoms with E-state index in [2.05, 4.69) is 61.6 Å². The highest BCUT2D eigenvalue weighted by Gasteiger charge is 2.35. The normalized spacial score (nSPS) is 16.0. The quantitative estimate of drug-likeness (QED) is 0.383. The summed E-state index contributed by atoms with van der Waals surface area (Å²) >= 11 is 1.42. The van der Waals surface area contributed by atoms with Crippen molar-refractivity contribution in [3.05, 3.63) is 69.9 Å². The number of carbonyl (C=O) groups excluding carboxylic acids is 1. The van der Waals surface area contributed by atoms with Crippen LogP contribution in [0.5, 0.6) is 0 Å². The fraction of sp³-hybridized carbons (Fsp3) is 0.444. The summed E-state index contributed by atoms with van der Waals surface area (Å²) < 4.78 is 11.0. The van der Waals surface area contributed by atoms with Gasteiger partial charge in [0.1, 0.15) is 4.88 Å². The zero-order valence-electron chi connectivity index (χ0n) is 19.5. The van der Waals surface area contributed by atoms with Crippen LogP contribution in [0.2, 0.25) is 0 Å². The van der Waals surface area contributed by atoms with Crippen molar-refractivity contribution in [3.8, 4) is 0 Å². The van der Waals surface area contributed by atoms with Gasteiger partial charge >= 0.3 is 5.97 Å². The zero-order valence-corrected chi connectivity index (χ0v) is 20.4. The van der Waals surface area contributed by atoms with Crippen LogP contribution in [0.3, 0.4) is 0 Å². The van der Waals surface area contributed by atoms with E-state index in [1.807, 2.05) is 6.07 Å². The van der Waals surface area contributed by atoms with Gasteiger partial charge in [-0.05, 0) is 67.5 Å². The predicted molar refractivity (Wildman–Crippen MR) is 133 cm³/mol. The number of rotatable bonds is 11. The number of aliphatic hydroxyl groups is 1. The number of thiophene rings is 1. The molecular formula is C27H33NO4S. The summed E-state index contributed by atoms with van der Waals surface area (Å²) in [5, 5.41) is 16.6. The molecule has 2 atom stereocenters. The molecule has 33 heavy (non-hydrogen) atoms. The molecule has 0 aliphatic heterocycles. The third-order valence-electron chi connectivity index (χ3n) is 6.09. The molecule has 0 spiro atoms. The van der Waals surface area contributed by atoms with Crippen molar-refractivity contribution >= 4 is 28.1 Å². The predicted octanol–water partition coefficient (Wildman–Crippen LogP) is 5.13. The van der Waals surface area contributed by atoms with Crippen LogP contribution in [0.25, 0.3) is 10.8 Å². The average Bonchev–Trinajstić information content (AvgIpc) is 3.53. The Kier molecular flexibility index (Phi) is 7.49. The molecule has 0 saturated heterocycles. The first kappa shape index (κ1) is 23.9. The molecule has 1 unspecified atom stereocenters. The van der Waals surface area contributed by atoms with Crippen molar-refractivity contribution in [2.75, 3.05) is 20.3 Å². The van der Waals surface area contributed by atoms with Crippen LogP contribution in [0.15, 0.2) is 54.6 Å². The highest BCUT2D eigenvalue weighted by molar-refractivity contribution is 7.14. The van der Waals surface area contributed by atoms with Crippen LogP contribution in [0, 0.1) is 5.92 Å². The Morgan fingerprint density at radius 2 is 1.91 bits per heavy atom. The minimum atomic E-state index is -0.609. The first-order valence-electron chi connectivity index (χ1n) is 11.5. The van der Waals surface area contributed by atoms with Gasteiger partial charge in [-0.25, -0.2) is 4.79 Å². The molecule has 1 aromatic heterocycles. The lowest BCUT2D eigenvalue weighted by Crippen LogP contribution is -2.46. The van der Waals surface area contributed by atoms with E-state index in [1.165, 1.54) is 34.8 Å². The summed E-state index contributed by atoms with van der Waals surface area (Å²) in [7, 11) is 1.39. The summed E-state index contributed by atoms with van der Waals surface area (Å²) in [6.07, 6.45) is 2.41. The number of hydrogen-bond acceptors (Lipinski definition) is 6. The zero-order chi connectivity index (χ0) is 23.4. The van der Waals surface area contributed by atoms with Gasteiger partial charge in [-0.3, -0.25) is 0 Å². The lowest BCUT2D eigenvalue weighted by molar-refractivity contribution is -0.0196. The van der Waals surface area contributed by atoms with Crippen molar-refractivity contribution < 1.29 is 19.4 Å². The molecule has 6 heteroatoms. The summed E-state index contributed by atoms with van der Waals surface area (Å²) in [4.78, 5) is 13.4. The first-order chi connectivity index (χ1) is 15.8. The van der Waals surface area contributed by atoms with Gasteiger partial charge in [-0.2, -0.15) is 0 Å². The smallest absolute Gasteiger partial charge is 0.348 e. The number of hydrogen-bond donors (Lipinski definition) is 2. The van der Waals surface area contributed by atoms with Crippen LogP contribution >= 0.6 is 11.3 Å². The van der Waals surface area contributed by atoms with Gasteiger partial charge in [0.05, 0.1) is 25.9 Å². The maximum Gasteiger partial charge on any atom is 0.348 e. The molecule has 1 fully saturated rings. The van der Waals surface area contributed by atoms with E-state index in [9.17, 15) is 9.90 Å². The molecule has 0 radical (unpaired) electrons. The number of esters is 1. The Morgan fingerprint density at radius 3 is 2.64 bits per heavy atom. The van der Waals surface area contributed by atoms with Crippen LogP contribution in [0.1, 0.15) is 52.9 Å².